The Morgan fingerprint density at radius 3 is 2.58 bits per heavy atom. The summed E-state index contributed by atoms with van der Waals surface area (Å²) in [4.78, 5) is 9.49. The van der Waals surface area contributed by atoms with Crippen LogP contribution in [-0.4, -0.2) is 28.9 Å². The number of hydrogen-bond acceptors (Lipinski definition) is 6. The number of benzene rings is 1. The zero-order valence-electron chi connectivity index (χ0n) is 12.7. The van der Waals surface area contributed by atoms with E-state index < -0.39 is 31.1 Å². The summed E-state index contributed by atoms with van der Waals surface area (Å²) in [6.45, 7) is 2.03. The molecule has 0 amide bonds. The number of nitro groups is 1. The lowest BCUT2D eigenvalue weighted by molar-refractivity contribution is -0.384. The van der Waals surface area contributed by atoms with E-state index in [-0.39, 0.29) is 12.2 Å². The summed E-state index contributed by atoms with van der Waals surface area (Å²) in [7, 11) is -3.16. The summed E-state index contributed by atoms with van der Waals surface area (Å²) in [6, 6.07) is 2.63. The molecule has 0 saturated heterocycles. The van der Waals surface area contributed by atoms with Crippen LogP contribution in [0.2, 0.25) is 0 Å². The number of sulfone groups is 1. The van der Waals surface area contributed by atoms with Crippen LogP contribution in [0.5, 0.6) is 0 Å². The number of hydrogen-bond donors (Lipinski definition) is 1. The Morgan fingerprint density at radius 2 is 2.08 bits per heavy atom. The highest BCUT2D eigenvalue weighted by atomic mass is 32.2. The highest BCUT2D eigenvalue weighted by molar-refractivity contribution is 7.91. The monoisotopic (exact) mass is 360 g/mol. The predicted octanol–water partition coefficient (Wildman–Crippen LogP) is 2.25. The summed E-state index contributed by atoms with van der Waals surface area (Å²) < 4.78 is 49.6. The van der Waals surface area contributed by atoms with Gasteiger partial charge in [0.2, 0.25) is 9.84 Å². The van der Waals surface area contributed by atoms with Crippen molar-refractivity contribution in [1.29, 1.82) is 0 Å². The van der Waals surface area contributed by atoms with E-state index in [2.05, 4.69) is 10.4 Å². The molecule has 2 rings (SSSR count). The Labute approximate surface area is 136 Å². The van der Waals surface area contributed by atoms with Crippen molar-refractivity contribution < 1.29 is 22.1 Å². The fraction of sp³-hybridized carbons (Fsp3) is 0.308. The fourth-order valence-corrected chi connectivity index (χ4v) is 2.74. The highest BCUT2D eigenvalue weighted by Gasteiger charge is 2.29. The first-order valence-electron chi connectivity index (χ1n) is 6.66. The van der Waals surface area contributed by atoms with Gasteiger partial charge in [-0.1, -0.05) is 0 Å². The van der Waals surface area contributed by atoms with E-state index >= 15 is 0 Å². The Bertz CT molecular complexity index is 880. The van der Waals surface area contributed by atoms with Crippen molar-refractivity contribution in [3.63, 3.8) is 0 Å². The molecule has 2 aromatic rings. The topological polar surface area (TPSA) is 107 Å². The summed E-state index contributed by atoms with van der Waals surface area (Å²) in [5, 5.41) is 17.9. The van der Waals surface area contributed by atoms with Gasteiger partial charge in [0.1, 0.15) is 5.69 Å². The Hall–Kier alpha value is -2.56. The minimum Gasteiger partial charge on any atom is -0.375 e. The second-order valence-electron chi connectivity index (χ2n) is 4.97. The lowest BCUT2D eigenvalue weighted by Gasteiger charge is -2.09. The van der Waals surface area contributed by atoms with Crippen LogP contribution in [0.1, 0.15) is 11.3 Å². The number of nitrogens with zero attached hydrogens (tertiary/aromatic N) is 3. The minimum absolute atomic E-state index is 0.0245. The van der Waals surface area contributed by atoms with Gasteiger partial charge < -0.3 is 5.32 Å². The van der Waals surface area contributed by atoms with Crippen molar-refractivity contribution in [3.05, 3.63) is 45.8 Å². The molecule has 1 aromatic heterocycles. The van der Waals surface area contributed by atoms with Crippen LogP contribution in [0.15, 0.2) is 29.3 Å². The van der Waals surface area contributed by atoms with Gasteiger partial charge in [-0.25, -0.2) is 8.42 Å². The van der Waals surface area contributed by atoms with Crippen LogP contribution >= 0.6 is 0 Å². The minimum atomic E-state index is -4.90. The Balaban J connectivity index is 2.34. The van der Waals surface area contributed by atoms with Crippen molar-refractivity contribution in [2.75, 3.05) is 5.32 Å². The van der Waals surface area contributed by atoms with Gasteiger partial charge in [0.05, 0.1) is 16.0 Å². The largest absolute Gasteiger partial charge is 0.375 e. The molecule has 0 aliphatic carbocycles. The Kier molecular flexibility index (Phi) is 4.83. The van der Waals surface area contributed by atoms with Crippen molar-refractivity contribution in [1.82, 2.24) is 9.78 Å². The van der Waals surface area contributed by atoms with Crippen LogP contribution in [-0.2, 0) is 23.4 Å². The maximum Gasteiger partial charge on any atom is 0.341 e. The van der Waals surface area contributed by atoms with Gasteiger partial charge in [-0.05, 0) is 19.1 Å². The third-order valence-corrected chi connectivity index (χ3v) is 4.92. The third kappa shape index (κ3) is 3.35. The molecule has 1 heterocycles. The van der Waals surface area contributed by atoms with Gasteiger partial charge in [-0.3, -0.25) is 14.8 Å². The number of halogens is 2. The average Bonchev–Trinajstić information content (AvgIpc) is 2.84. The van der Waals surface area contributed by atoms with E-state index in [4.69, 9.17) is 0 Å². The smallest absolute Gasteiger partial charge is 0.341 e. The zero-order chi connectivity index (χ0) is 18.1. The van der Waals surface area contributed by atoms with Crippen LogP contribution < -0.4 is 5.32 Å². The third-order valence-electron chi connectivity index (χ3n) is 3.54. The lowest BCUT2D eigenvalue weighted by atomic mass is 10.2. The van der Waals surface area contributed by atoms with E-state index in [9.17, 15) is 27.3 Å². The van der Waals surface area contributed by atoms with Crippen molar-refractivity contribution in [3.8, 4) is 0 Å². The lowest BCUT2D eigenvalue weighted by Crippen LogP contribution is -2.12. The van der Waals surface area contributed by atoms with Gasteiger partial charge in [-0.2, -0.15) is 13.9 Å². The predicted molar refractivity (Wildman–Crippen MR) is 81.6 cm³/mol. The van der Waals surface area contributed by atoms with Crippen molar-refractivity contribution in [2.24, 2.45) is 7.05 Å². The first-order chi connectivity index (χ1) is 11.1. The number of nitro benzene ring substituents is 1. The molecule has 1 aromatic carbocycles. The van der Waals surface area contributed by atoms with E-state index in [0.717, 1.165) is 23.4 Å². The molecule has 1 N–H and O–H groups in total. The maximum atomic E-state index is 12.6. The quantitative estimate of drug-likeness (QED) is 0.625. The van der Waals surface area contributed by atoms with Crippen LogP contribution in [0.4, 0.5) is 20.2 Å². The van der Waals surface area contributed by atoms with Gasteiger partial charge >= 0.3 is 5.76 Å². The van der Waals surface area contributed by atoms with E-state index in [0.29, 0.717) is 6.07 Å². The molecule has 24 heavy (non-hydrogen) atoms. The number of anilines is 1. The van der Waals surface area contributed by atoms with Gasteiger partial charge in [0, 0.05) is 30.9 Å². The normalized spacial score (nSPS) is 11.7. The number of aryl methyl sites for hydroxylation is 1. The average molecular weight is 360 g/mol. The summed E-state index contributed by atoms with van der Waals surface area (Å²) in [6.07, 6.45) is 1.59. The number of alkyl halides is 2. The summed E-state index contributed by atoms with van der Waals surface area (Å²) >= 11 is 0. The molecule has 0 fully saturated rings. The van der Waals surface area contributed by atoms with E-state index in [1.54, 1.807) is 17.9 Å². The molecule has 0 unspecified atom stereocenters. The van der Waals surface area contributed by atoms with E-state index in [1.807, 2.05) is 6.92 Å². The zero-order valence-corrected chi connectivity index (χ0v) is 13.5. The number of rotatable bonds is 6. The van der Waals surface area contributed by atoms with Crippen LogP contribution in [0.25, 0.3) is 0 Å². The molecular weight excluding hydrogens is 346 g/mol. The molecule has 130 valence electrons. The van der Waals surface area contributed by atoms with Gasteiger partial charge in [0.25, 0.3) is 5.69 Å². The fourth-order valence-electron chi connectivity index (χ4n) is 2.00. The molecule has 0 bridgehead atoms. The van der Waals surface area contributed by atoms with Crippen molar-refractivity contribution in [2.45, 2.75) is 24.1 Å². The van der Waals surface area contributed by atoms with Crippen LogP contribution in [0.3, 0.4) is 0 Å². The number of aromatic nitrogens is 2. The summed E-state index contributed by atoms with van der Waals surface area (Å²) in [5.74, 6) is -3.64. The molecule has 0 spiro atoms. The second kappa shape index (κ2) is 6.51. The van der Waals surface area contributed by atoms with Crippen molar-refractivity contribution >= 4 is 21.2 Å². The first-order valence-corrected chi connectivity index (χ1v) is 8.21. The van der Waals surface area contributed by atoms with E-state index in [1.165, 1.54) is 0 Å². The molecule has 0 radical (unpaired) electrons. The second-order valence-corrected chi connectivity index (χ2v) is 6.89. The number of nitrogens with one attached hydrogen (secondary N) is 1. The highest BCUT2D eigenvalue weighted by Crippen LogP contribution is 2.30. The molecule has 0 aliphatic heterocycles. The van der Waals surface area contributed by atoms with Crippen LogP contribution in [0, 0.1) is 17.0 Å². The molecular formula is C13H14F2N4O4S. The molecule has 8 nitrogen and oxygen atoms in total. The first kappa shape index (κ1) is 17.8. The molecule has 11 heteroatoms. The van der Waals surface area contributed by atoms with Gasteiger partial charge in [-0.15, -0.1) is 0 Å². The van der Waals surface area contributed by atoms with Gasteiger partial charge in [0.15, 0.2) is 0 Å². The SMILES string of the molecule is Cc1c(CNc2ccc(S(=O)(=O)C(F)F)cc2[N+](=O)[O-])cnn1C. The summed E-state index contributed by atoms with van der Waals surface area (Å²) in [5.41, 5.74) is 1.06. The molecule has 0 saturated carbocycles. The Morgan fingerprint density at radius 1 is 1.42 bits per heavy atom. The maximum absolute atomic E-state index is 12.6. The molecule has 0 aliphatic rings. The standard InChI is InChI=1S/C13H14F2N4O4S/c1-8-9(7-17-18(8)2)6-16-11-4-3-10(5-12(11)19(20)21)24(22,23)13(14)15/h3-5,7,13,16H,6H2,1-2H3. The molecule has 0 atom stereocenters.